The Kier molecular flexibility index (Phi) is 46.8. The second-order valence-electron chi connectivity index (χ2n) is 20.0. The van der Waals surface area contributed by atoms with E-state index in [0.717, 1.165) is 98.7 Å². The van der Waals surface area contributed by atoms with E-state index in [1.165, 1.54) is 141 Å². The van der Waals surface area contributed by atoms with Gasteiger partial charge in [-0.15, -0.1) is 24.8 Å². The molecule has 9 heteroatoms. The molecule has 0 N–H and O–H groups in total. The van der Waals surface area contributed by atoms with E-state index in [1.807, 2.05) is 0 Å². The molecule has 0 amide bonds. The van der Waals surface area contributed by atoms with Crippen LogP contribution in [0.3, 0.4) is 0 Å². The number of likely N-dealkylation sites (N-methyl/N-ethyl adjacent to an activating group) is 2. The number of hydrogen-bond acceptors (Lipinski definition) is 5. The maximum absolute atomic E-state index is 12.3. The molecule has 0 fully saturated rings. The summed E-state index contributed by atoms with van der Waals surface area (Å²) in [5, 5.41) is 24.5. The van der Waals surface area contributed by atoms with Gasteiger partial charge < -0.3 is 33.9 Å². The summed E-state index contributed by atoms with van der Waals surface area (Å²) in [6.45, 7) is 16.0. The molecular weight excluding hydrogens is 775 g/mol. The van der Waals surface area contributed by atoms with Gasteiger partial charge in [-0.25, -0.2) is 0 Å². The van der Waals surface area contributed by atoms with Crippen LogP contribution in [0.25, 0.3) is 0 Å². The summed E-state index contributed by atoms with van der Waals surface area (Å²) in [7, 11) is 8.96. The van der Waals surface area contributed by atoms with Gasteiger partial charge in [0, 0.05) is 25.9 Å². The van der Waals surface area contributed by atoms with Crippen molar-refractivity contribution in [3.63, 3.8) is 0 Å². The molecule has 0 aliphatic rings. The summed E-state index contributed by atoms with van der Waals surface area (Å²) >= 11 is 0. The van der Waals surface area contributed by atoms with E-state index in [0.29, 0.717) is 25.9 Å². The largest absolute Gasteiger partial charge is 0.862 e. The van der Waals surface area contributed by atoms with Gasteiger partial charge >= 0.3 is 0 Å². The third kappa shape index (κ3) is 49.9. The fraction of sp³-hybridized carbons (Fsp3) is 0.960. The summed E-state index contributed by atoms with van der Waals surface area (Å²) in [5.74, 6) is 1.89. The Balaban J connectivity index is -0.0000157. The fourth-order valence-corrected chi connectivity index (χ4v) is 7.71. The number of ether oxygens (including phenoxy) is 1. The number of quaternary nitrogens is 2. The highest BCUT2D eigenvalue weighted by Crippen LogP contribution is 2.16. The Morgan fingerprint density at radius 2 is 0.644 bits per heavy atom. The van der Waals surface area contributed by atoms with Crippen molar-refractivity contribution < 1.29 is 23.9 Å². The molecule has 0 saturated heterocycles. The second-order valence-corrected chi connectivity index (χ2v) is 20.0. The first kappa shape index (κ1) is 62.7. The van der Waals surface area contributed by atoms with Crippen LogP contribution in [0.4, 0.5) is 0 Å². The third-order valence-corrected chi connectivity index (χ3v) is 11.9. The lowest BCUT2D eigenvalue weighted by atomic mass is 10.0. The van der Waals surface area contributed by atoms with Crippen LogP contribution in [0.1, 0.15) is 220 Å². The molecular formula is C50H104Cl2N4O3. The zero-order valence-electron chi connectivity index (χ0n) is 40.9. The van der Waals surface area contributed by atoms with Crippen LogP contribution in [-0.2, 0) is 4.74 Å². The highest BCUT2D eigenvalue weighted by Gasteiger charge is 2.16. The smallest absolute Gasteiger partial charge is 0.102 e. The molecule has 0 atom stereocenters. The lowest BCUT2D eigenvalue weighted by Crippen LogP contribution is -2.45. The second kappa shape index (κ2) is 44.0. The van der Waals surface area contributed by atoms with Crippen molar-refractivity contribution in [3.05, 3.63) is 0 Å². The molecule has 7 nitrogen and oxygen atoms in total. The Bertz CT molecular complexity index is 858. The Morgan fingerprint density at radius 3 is 0.915 bits per heavy atom. The van der Waals surface area contributed by atoms with E-state index in [4.69, 9.17) is 4.74 Å². The summed E-state index contributed by atoms with van der Waals surface area (Å²) in [6.07, 6.45) is 37.7. The molecule has 0 aromatic rings. The molecule has 0 aliphatic carbocycles. The first-order chi connectivity index (χ1) is 27.3. The number of hydrogen-bond donors (Lipinski definition) is 0. The van der Waals surface area contributed by atoms with Crippen molar-refractivity contribution in [1.82, 2.24) is 0 Å². The first-order valence-corrected chi connectivity index (χ1v) is 25.0. The average Bonchev–Trinajstić information content (AvgIpc) is 3.15. The molecule has 0 unspecified atom stereocenters. The molecule has 0 aromatic heterocycles. The Labute approximate surface area is 381 Å². The number of aliphatic imine (C=N–C) groups is 2. The van der Waals surface area contributed by atoms with E-state index < -0.39 is 0 Å². The topological polar surface area (TPSA) is 80.1 Å². The molecule has 356 valence electrons. The number of rotatable bonds is 44. The van der Waals surface area contributed by atoms with Crippen LogP contribution in [0, 0.1) is 11.8 Å². The maximum Gasteiger partial charge on any atom is 0.102 e. The standard InChI is InChI=1S/C50H102N4O3.2ClH/c1-47(2)35-29-25-21-17-13-9-11-15-19-23-27-31-37-49(55)51-39-33-41-53(5,6)43-45-57-46-44-54(7,8)42-34-40-52-50(56)38-32-28-24-20-16-12-10-14-18-22-26-30-36-48(3)4;;/h47-48H,9-46H2,1-8H3;2*1H. The van der Waals surface area contributed by atoms with Gasteiger partial charge in [0.2, 0.25) is 0 Å². The van der Waals surface area contributed by atoms with Crippen molar-refractivity contribution in [2.24, 2.45) is 21.8 Å². The summed E-state index contributed by atoms with van der Waals surface area (Å²) in [4.78, 5) is 8.68. The molecule has 0 saturated carbocycles. The quantitative estimate of drug-likeness (QED) is 0.0265. The van der Waals surface area contributed by atoms with Gasteiger partial charge in [-0.05, 0) is 49.3 Å². The average molecular weight is 880 g/mol. The van der Waals surface area contributed by atoms with E-state index >= 15 is 0 Å². The van der Waals surface area contributed by atoms with E-state index in [9.17, 15) is 10.2 Å². The number of unbranched alkanes of at least 4 members (excludes halogenated alkanes) is 22. The van der Waals surface area contributed by atoms with Gasteiger partial charge in [0.15, 0.2) is 0 Å². The van der Waals surface area contributed by atoms with Crippen LogP contribution in [0.5, 0.6) is 0 Å². The van der Waals surface area contributed by atoms with Crippen LogP contribution in [-0.4, -0.2) is 101 Å². The number of halogens is 2. The summed E-state index contributed by atoms with van der Waals surface area (Å²) in [6, 6.07) is 0. The first-order valence-electron chi connectivity index (χ1n) is 25.0. The maximum atomic E-state index is 12.3. The van der Waals surface area contributed by atoms with Crippen LogP contribution < -0.4 is 10.2 Å². The summed E-state index contributed by atoms with van der Waals surface area (Å²) in [5.41, 5.74) is 0. The van der Waals surface area contributed by atoms with Gasteiger partial charge in [0.05, 0.1) is 54.5 Å². The van der Waals surface area contributed by atoms with Gasteiger partial charge in [-0.1, -0.05) is 182 Å². The van der Waals surface area contributed by atoms with E-state index in [2.05, 4.69) is 65.9 Å². The molecule has 0 aliphatic heterocycles. The molecule has 59 heavy (non-hydrogen) atoms. The zero-order chi connectivity index (χ0) is 42.3. The minimum absolute atomic E-state index is 0. The van der Waals surface area contributed by atoms with Crippen molar-refractivity contribution in [3.8, 4) is 0 Å². The van der Waals surface area contributed by atoms with Gasteiger partial charge in [-0.3, -0.25) is 0 Å². The Hall–Kier alpha value is -0.600. The predicted molar refractivity (Wildman–Crippen MR) is 262 cm³/mol. The van der Waals surface area contributed by atoms with Crippen molar-refractivity contribution in [2.45, 2.75) is 220 Å². The van der Waals surface area contributed by atoms with Crippen molar-refractivity contribution in [2.75, 3.05) is 80.7 Å². The van der Waals surface area contributed by atoms with Gasteiger partial charge in [0.25, 0.3) is 0 Å². The van der Waals surface area contributed by atoms with E-state index in [-0.39, 0.29) is 36.6 Å². The third-order valence-electron chi connectivity index (χ3n) is 11.9. The van der Waals surface area contributed by atoms with E-state index in [1.54, 1.807) is 0 Å². The molecule has 0 bridgehead atoms. The van der Waals surface area contributed by atoms with Crippen LogP contribution in [0.15, 0.2) is 9.98 Å². The molecule has 0 radical (unpaired) electrons. The predicted octanol–water partition coefficient (Wildman–Crippen LogP) is 12.5. The number of nitrogens with zero attached hydrogens (tertiary/aromatic N) is 4. The summed E-state index contributed by atoms with van der Waals surface area (Å²) < 4.78 is 7.81. The highest BCUT2D eigenvalue weighted by molar-refractivity contribution is 5.85. The Morgan fingerprint density at radius 1 is 0.390 bits per heavy atom. The molecule has 0 aromatic carbocycles. The van der Waals surface area contributed by atoms with Crippen molar-refractivity contribution in [1.29, 1.82) is 0 Å². The molecule has 0 heterocycles. The van der Waals surface area contributed by atoms with Gasteiger partial charge in [-0.2, -0.15) is 0 Å². The fourth-order valence-electron chi connectivity index (χ4n) is 7.71. The van der Waals surface area contributed by atoms with Crippen LogP contribution in [0.2, 0.25) is 0 Å². The van der Waals surface area contributed by atoms with Crippen molar-refractivity contribution >= 4 is 36.6 Å². The SMILES string of the molecule is CC(C)CCCCCCCCCCCCCCC([O-])=NCCC[N+](C)(C)CCOCC[N+](C)(C)CCCN=C([O-])CCCCCCCCCCCCCCC(C)C.Cl.Cl. The minimum Gasteiger partial charge on any atom is -0.862 e. The monoisotopic (exact) mass is 879 g/mol. The van der Waals surface area contributed by atoms with Gasteiger partial charge in [0.1, 0.15) is 13.1 Å². The molecule has 0 rings (SSSR count). The zero-order valence-corrected chi connectivity index (χ0v) is 42.5. The lowest BCUT2D eigenvalue weighted by Gasteiger charge is -2.31. The lowest BCUT2D eigenvalue weighted by molar-refractivity contribution is -0.894. The highest BCUT2D eigenvalue weighted by atomic mass is 35.5. The normalized spacial score (nSPS) is 12.7. The van der Waals surface area contributed by atoms with Crippen LogP contribution >= 0.6 is 24.8 Å². The minimum atomic E-state index is 0. The molecule has 0 spiro atoms.